The first-order valence-electron chi connectivity index (χ1n) is 11.7. The Hall–Kier alpha value is -4.02. The summed E-state index contributed by atoms with van der Waals surface area (Å²) < 4.78 is 17.4. The molecule has 0 N–H and O–H groups in total. The maximum absolute atomic E-state index is 10.3. The highest BCUT2D eigenvalue weighted by Crippen LogP contribution is 2.47. The van der Waals surface area contributed by atoms with Crippen molar-refractivity contribution in [2.24, 2.45) is 4.99 Å². The van der Waals surface area contributed by atoms with E-state index in [1.807, 2.05) is 48.8 Å². The highest BCUT2D eigenvalue weighted by Gasteiger charge is 2.33. The van der Waals surface area contributed by atoms with E-state index in [0.717, 1.165) is 53.8 Å². The van der Waals surface area contributed by atoms with E-state index >= 15 is 0 Å². The van der Waals surface area contributed by atoms with Crippen LogP contribution >= 0.6 is 0 Å². The van der Waals surface area contributed by atoms with Gasteiger partial charge in [0.2, 0.25) is 5.88 Å². The lowest BCUT2D eigenvalue weighted by atomic mass is 9.82. The molecular formula is C28H28N4O3. The van der Waals surface area contributed by atoms with Gasteiger partial charge in [-0.2, -0.15) is 5.26 Å². The van der Waals surface area contributed by atoms with Gasteiger partial charge in [0.25, 0.3) is 0 Å². The average Bonchev–Trinajstić information content (AvgIpc) is 2.91. The molecule has 3 aromatic rings. The molecule has 35 heavy (non-hydrogen) atoms. The van der Waals surface area contributed by atoms with Crippen LogP contribution in [0.1, 0.15) is 17.0 Å². The van der Waals surface area contributed by atoms with E-state index in [1.54, 1.807) is 14.2 Å². The minimum absolute atomic E-state index is 0.329. The predicted octanol–water partition coefficient (Wildman–Crippen LogP) is 4.39. The molecule has 1 fully saturated rings. The zero-order valence-corrected chi connectivity index (χ0v) is 20.2. The minimum Gasteiger partial charge on any atom is -0.493 e. The van der Waals surface area contributed by atoms with Gasteiger partial charge in [0.05, 0.1) is 26.5 Å². The number of methoxy groups -OCH3 is 2. The standard InChI is InChI=1S/C28H28N4O3/c1-31-12-14-32(15-13-31)18-30-28-23(17-29)26(20-9-11-24(33-2)25(16-20)34-3)22-10-8-19-6-4-5-7-21(19)27(22)35-28/h4-11,16,18,26H,12-15H2,1-3H3. The van der Waals surface area contributed by atoms with Gasteiger partial charge in [-0.3, -0.25) is 0 Å². The molecule has 178 valence electrons. The normalized spacial score (nSPS) is 18.3. The lowest BCUT2D eigenvalue weighted by Gasteiger charge is -2.31. The molecule has 7 nitrogen and oxygen atoms in total. The van der Waals surface area contributed by atoms with Crippen LogP contribution in [0.15, 0.2) is 71.0 Å². The third-order valence-corrected chi connectivity index (χ3v) is 6.68. The number of benzene rings is 3. The third-order valence-electron chi connectivity index (χ3n) is 6.68. The van der Waals surface area contributed by atoms with Gasteiger partial charge in [-0.05, 0) is 30.1 Å². The van der Waals surface area contributed by atoms with Gasteiger partial charge in [0.15, 0.2) is 11.5 Å². The SMILES string of the molecule is COc1ccc(C2C(C#N)=C(N=CN3CCN(C)CC3)Oc3c2ccc2ccccc32)cc1OC. The summed E-state index contributed by atoms with van der Waals surface area (Å²) in [6.45, 7) is 3.71. The minimum atomic E-state index is -0.354. The summed E-state index contributed by atoms with van der Waals surface area (Å²) in [6, 6.07) is 20.4. The molecule has 2 aliphatic heterocycles. The molecule has 0 saturated carbocycles. The van der Waals surface area contributed by atoms with Crippen molar-refractivity contribution in [3.63, 3.8) is 0 Å². The van der Waals surface area contributed by atoms with Gasteiger partial charge in [-0.25, -0.2) is 4.99 Å². The van der Waals surface area contributed by atoms with Crippen LogP contribution < -0.4 is 14.2 Å². The topological polar surface area (TPSA) is 70.3 Å². The van der Waals surface area contributed by atoms with E-state index in [9.17, 15) is 5.26 Å². The van der Waals surface area contributed by atoms with E-state index in [1.165, 1.54) is 0 Å². The molecule has 3 aromatic carbocycles. The van der Waals surface area contributed by atoms with Crippen molar-refractivity contribution in [3.8, 4) is 23.3 Å². The monoisotopic (exact) mass is 468 g/mol. The van der Waals surface area contributed by atoms with Crippen LogP contribution in [0.3, 0.4) is 0 Å². The van der Waals surface area contributed by atoms with Gasteiger partial charge in [0, 0.05) is 37.1 Å². The molecule has 0 aromatic heterocycles. The number of fused-ring (bicyclic) bond motifs is 3. The molecular weight excluding hydrogens is 440 g/mol. The fourth-order valence-corrected chi connectivity index (χ4v) is 4.69. The Labute approximate surface area is 205 Å². The van der Waals surface area contributed by atoms with Crippen molar-refractivity contribution in [3.05, 3.63) is 77.2 Å². The highest BCUT2D eigenvalue weighted by molar-refractivity contribution is 5.91. The first kappa shape index (κ1) is 22.8. The fraction of sp³-hybridized carbons (Fsp3) is 0.286. The summed E-state index contributed by atoms with van der Waals surface area (Å²) in [5.41, 5.74) is 2.29. The molecule has 2 heterocycles. The molecule has 0 aliphatic carbocycles. The van der Waals surface area contributed by atoms with Crippen LogP contribution in [-0.2, 0) is 0 Å². The van der Waals surface area contributed by atoms with Crippen LogP contribution in [0.5, 0.6) is 17.2 Å². The van der Waals surface area contributed by atoms with Crippen molar-refractivity contribution in [2.75, 3.05) is 47.4 Å². The third kappa shape index (κ3) is 4.29. The number of nitriles is 1. The number of hydrogen-bond donors (Lipinski definition) is 0. The molecule has 5 rings (SSSR count). The zero-order chi connectivity index (χ0) is 24.4. The number of hydrogen-bond acceptors (Lipinski definition) is 6. The Kier molecular flexibility index (Phi) is 6.30. The molecule has 0 amide bonds. The number of allylic oxidation sites excluding steroid dienone is 1. The van der Waals surface area contributed by atoms with Crippen molar-refractivity contribution in [1.29, 1.82) is 5.26 Å². The fourth-order valence-electron chi connectivity index (χ4n) is 4.69. The largest absolute Gasteiger partial charge is 0.493 e. The second-order valence-corrected chi connectivity index (χ2v) is 8.77. The molecule has 0 bridgehead atoms. The molecule has 1 unspecified atom stereocenters. The number of rotatable bonds is 5. The number of piperazine rings is 1. The van der Waals surface area contributed by atoms with Gasteiger partial charge >= 0.3 is 0 Å². The number of ether oxygens (including phenoxy) is 3. The second-order valence-electron chi connectivity index (χ2n) is 8.77. The Morgan fingerprint density at radius 3 is 2.51 bits per heavy atom. The van der Waals surface area contributed by atoms with Gasteiger partial charge in [-0.1, -0.05) is 42.5 Å². The van der Waals surface area contributed by atoms with Gasteiger partial charge < -0.3 is 24.0 Å². The first-order valence-corrected chi connectivity index (χ1v) is 11.7. The summed E-state index contributed by atoms with van der Waals surface area (Å²) in [6.07, 6.45) is 1.81. The van der Waals surface area contributed by atoms with Gasteiger partial charge in [-0.15, -0.1) is 0 Å². The van der Waals surface area contributed by atoms with E-state index < -0.39 is 0 Å². The zero-order valence-electron chi connectivity index (χ0n) is 20.2. The van der Waals surface area contributed by atoms with Crippen molar-refractivity contribution < 1.29 is 14.2 Å². The van der Waals surface area contributed by atoms with Crippen molar-refractivity contribution >= 4 is 17.1 Å². The van der Waals surface area contributed by atoms with Crippen LogP contribution in [0.25, 0.3) is 10.8 Å². The molecule has 2 aliphatic rings. The summed E-state index contributed by atoms with van der Waals surface area (Å²) in [4.78, 5) is 9.15. The molecule has 0 spiro atoms. The lowest BCUT2D eigenvalue weighted by molar-refractivity contribution is 0.219. The predicted molar refractivity (Wildman–Crippen MR) is 136 cm³/mol. The maximum Gasteiger partial charge on any atom is 0.235 e. The van der Waals surface area contributed by atoms with Gasteiger partial charge in [0.1, 0.15) is 17.4 Å². The summed E-state index contributed by atoms with van der Waals surface area (Å²) in [5.74, 6) is 1.95. The molecule has 0 radical (unpaired) electrons. The average molecular weight is 469 g/mol. The summed E-state index contributed by atoms with van der Waals surface area (Å²) in [7, 11) is 5.34. The first-order chi connectivity index (χ1) is 17.1. The second kappa shape index (κ2) is 9.69. The van der Waals surface area contributed by atoms with E-state index in [-0.39, 0.29) is 5.92 Å². The van der Waals surface area contributed by atoms with Crippen LogP contribution in [0.4, 0.5) is 0 Å². The van der Waals surface area contributed by atoms with E-state index in [4.69, 9.17) is 19.2 Å². The lowest BCUT2D eigenvalue weighted by Crippen LogP contribution is -2.43. The smallest absolute Gasteiger partial charge is 0.235 e. The Morgan fingerprint density at radius 1 is 1.00 bits per heavy atom. The Balaban J connectivity index is 1.65. The Morgan fingerprint density at radius 2 is 1.77 bits per heavy atom. The maximum atomic E-state index is 10.3. The van der Waals surface area contributed by atoms with E-state index in [0.29, 0.717) is 23.0 Å². The Bertz CT molecular complexity index is 1350. The van der Waals surface area contributed by atoms with Crippen molar-refractivity contribution in [1.82, 2.24) is 9.80 Å². The molecule has 1 saturated heterocycles. The van der Waals surface area contributed by atoms with Crippen LogP contribution in [0, 0.1) is 11.3 Å². The number of nitrogens with zero attached hydrogens (tertiary/aromatic N) is 4. The van der Waals surface area contributed by atoms with Crippen LogP contribution in [0.2, 0.25) is 0 Å². The number of aliphatic imine (C=N–C) groups is 1. The van der Waals surface area contributed by atoms with E-state index in [2.05, 4.69) is 35.0 Å². The quantitative estimate of drug-likeness (QED) is 0.409. The van der Waals surface area contributed by atoms with Crippen LogP contribution in [-0.4, -0.2) is 63.6 Å². The summed E-state index contributed by atoms with van der Waals surface area (Å²) in [5, 5.41) is 12.3. The highest BCUT2D eigenvalue weighted by atomic mass is 16.5. The summed E-state index contributed by atoms with van der Waals surface area (Å²) >= 11 is 0. The molecule has 1 atom stereocenters. The number of likely N-dealkylation sites (N-methyl/N-ethyl adjacent to an activating group) is 1. The van der Waals surface area contributed by atoms with Crippen molar-refractivity contribution in [2.45, 2.75) is 5.92 Å². The molecule has 7 heteroatoms.